The van der Waals surface area contributed by atoms with E-state index in [0.29, 0.717) is 33.7 Å². The van der Waals surface area contributed by atoms with Gasteiger partial charge in [0, 0.05) is 21.9 Å². The van der Waals surface area contributed by atoms with Gasteiger partial charge >= 0.3 is 0 Å². The topological polar surface area (TPSA) is 79.0 Å². The number of hydrogen-bond donors (Lipinski definition) is 2. The minimum atomic E-state index is -0.659. The van der Waals surface area contributed by atoms with Gasteiger partial charge in [-0.05, 0) is 59.3 Å². The van der Waals surface area contributed by atoms with Crippen molar-refractivity contribution in [1.29, 1.82) is 0 Å². The highest BCUT2D eigenvalue weighted by Crippen LogP contribution is 2.29. The zero-order valence-electron chi connectivity index (χ0n) is 18.1. The Hall–Kier alpha value is -4.25. The van der Waals surface area contributed by atoms with Crippen molar-refractivity contribution in [3.8, 4) is 0 Å². The number of aromatic nitrogens is 1. The standard InChI is InChI=1S/C28H22N2O3/c1-17-10-11-19-14-23-24(15-20(19)12-17)28(33)30-25-9-5-8-22(26(23)25)27(32)29-21(16-31)13-18-6-3-2-4-7-18/h2-12,14-16,21H,13H2,1H3,(H,29,32)(H,30,33)/t21-/m0/s1. The second kappa shape index (κ2) is 8.36. The average molecular weight is 434 g/mol. The van der Waals surface area contributed by atoms with Crippen LogP contribution < -0.4 is 10.9 Å². The molecule has 1 aromatic heterocycles. The van der Waals surface area contributed by atoms with E-state index >= 15 is 0 Å². The first kappa shape index (κ1) is 20.6. The van der Waals surface area contributed by atoms with E-state index in [-0.39, 0.29) is 11.5 Å². The van der Waals surface area contributed by atoms with Gasteiger partial charge in [0.05, 0.1) is 6.04 Å². The van der Waals surface area contributed by atoms with Crippen molar-refractivity contribution in [2.45, 2.75) is 19.4 Å². The predicted molar refractivity (Wildman–Crippen MR) is 132 cm³/mol. The average Bonchev–Trinajstić information content (AvgIpc) is 2.83. The van der Waals surface area contributed by atoms with E-state index in [1.54, 1.807) is 18.2 Å². The summed E-state index contributed by atoms with van der Waals surface area (Å²) in [6.07, 6.45) is 1.16. The summed E-state index contributed by atoms with van der Waals surface area (Å²) in [7, 11) is 0. The van der Waals surface area contributed by atoms with Crippen LogP contribution in [0.25, 0.3) is 32.4 Å². The number of aromatic amines is 1. The molecule has 162 valence electrons. The van der Waals surface area contributed by atoms with Crippen molar-refractivity contribution < 1.29 is 9.59 Å². The molecular weight excluding hydrogens is 412 g/mol. The quantitative estimate of drug-likeness (QED) is 0.239. The summed E-state index contributed by atoms with van der Waals surface area (Å²) in [6.45, 7) is 2.01. The number of benzene rings is 4. The van der Waals surface area contributed by atoms with Gasteiger partial charge in [-0.15, -0.1) is 0 Å². The number of pyridine rings is 1. The van der Waals surface area contributed by atoms with Gasteiger partial charge in [-0.2, -0.15) is 0 Å². The smallest absolute Gasteiger partial charge is 0.256 e. The second-order valence-corrected chi connectivity index (χ2v) is 8.34. The van der Waals surface area contributed by atoms with E-state index in [1.165, 1.54) is 0 Å². The molecule has 2 N–H and O–H groups in total. The third kappa shape index (κ3) is 3.89. The highest BCUT2D eigenvalue weighted by atomic mass is 16.2. The lowest BCUT2D eigenvalue weighted by atomic mass is 9.97. The zero-order chi connectivity index (χ0) is 22.9. The summed E-state index contributed by atoms with van der Waals surface area (Å²) in [5.41, 5.74) is 2.87. The van der Waals surface area contributed by atoms with Gasteiger partial charge < -0.3 is 15.1 Å². The summed E-state index contributed by atoms with van der Waals surface area (Å²) in [5, 5.41) is 6.71. The number of rotatable bonds is 5. The molecule has 4 aromatic carbocycles. The Bertz CT molecular complexity index is 1590. The van der Waals surface area contributed by atoms with Gasteiger partial charge in [0.25, 0.3) is 11.5 Å². The van der Waals surface area contributed by atoms with Crippen molar-refractivity contribution >= 4 is 44.6 Å². The molecule has 0 spiro atoms. The van der Waals surface area contributed by atoms with Gasteiger partial charge in [-0.1, -0.05) is 60.2 Å². The fourth-order valence-corrected chi connectivity index (χ4v) is 4.38. The third-order valence-corrected chi connectivity index (χ3v) is 5.98. The predicted octanol–water partition coefficient (Wildman–Crippen LogP) is 4.68. The number of carbonyl (C=O) groups is 2. The SMILES string of the molecule is Cc1ccc2cc3c(cc2c1)c(=O)[nH]c1cccc(C(=O)N[C@H](C=O)Cc2ccccc2)c13. The Kier molecular flexibility index (Phi) is 5.23. The normalized spacial score (nSPS) is 12.2. The van der Waals surface area contributed by atoms with Gasteiger partial charge in [0.1, 0.15) is 6.29 Å². The van der Waals surface area contributed by atoms with Crippen LogP contribution in [0.3, 0.4) is 0 Å². The van der Waals surface area contributed by atoms with Crippen molar-refractivity contribution in [1.82, 2.24) is 10.3 Å². The lowest BCUT2D eigenvalue weighted by molar-refractivity contribution is -0.109. The molecule has 1 atom stereocenters. The maximum Gasteiger partial charge on any atom is 0.256 e. The Morgan fingerprint density at radius 2 is 1.73 bits per heavy atom. The fraction of sp³-hybridized carbons (Fsp3) is 0.107. The zero-order valence-corrected chi connectivity index (χ0v) is 18.1. The summed E-state index contributed by atoms with van der Waals surface area (Å²) in [4.78, 5) is 40.7. The van der Waals surface area contributed by atoms with E-state index in [9.17, 15) is 14.4 Å². The number of aldehydes is 1. The molecule has 5 aromatic rings. The molecule has 1 amide bonds. The number of carbonyl (C=O) groups excluding carboxylic acids is 2. The van der Waals surface area contributed by atoms with Crippen LogP contribution in [0, 0.1) is 6.92 Å². The molecule has 0 bridgehead atoms. The van der Waals surface area contributed by atoms with Crippen LogP contribution in [0.1, 0.15) is 21.5 Å². The van der Waals surface area contributed by atoms with Gasteiger partial charge in [-0.25, -0.2) is 0 Å². The lowest BCUT2D eigenvalue weighted by Crippen LogP contribution is -2.37. The Labute approximate surface area is 190 Å². The van der Waals surface area contributed by atoms with Crippen molar-refractivity contribution in [2.24, 2.45) is 0 Å². The van der Waals surface area contributed by atoms with Crippen LogP contribution >= 0.6 is 0 Å². The summed E-state index contributed by atoms with van der Waals surface area (Å²) in [5.74, 6) is -0.356. The number of hydrogen-bond acceptors (Lipinski definition) is 3. The van der Waals surface area contributed by atoms with Gasteiger partial charge in [0.15, 0.2) is 0 Å². The number of fused-ring (bicyclic) bond motifs is 4. The molecule has 5 nitrogen and oxygen atoms in total. The second-order valence-electron chi connectivity index (χ2n) is 8.34. The summed E-state index contributed by atoms with van der Waals surface area (Å²) in [6, 6.07) is 24.0. The first-order valence-corrected chi connectivity index (χ1v) is 10.8. The van der Waals surface area contributed by atoms with Crippen LogP contribution in [0.2, 0.25) is 0 Å². The molecular formula is C28H22N2O3. The number of nitrogens with one attached hydrogen (secondary N) is 2. The Balaban J connectivity index is 1.63. The first-order chi connectivity index (χ1) is 16.0. The number of H-pyrrole nitrogens is 1. The van der Waals surface area contributed by atoms with E-state index in [0.717, 1.165) is 28.2 Å². The highest BCUT2D eigenvalue weighted by Gasteiger charge is 2.18. The molecule has 33 heavy (non-hydrogen) atoms. The lowest BCUT2D eigenvalue weighted by Gasteiger charge is -2.15. The molecule has 0 aliphatic heterocycles. The van der Waals surface area contributed by atoms with Crippen molar-refractivity contribution in [2.75, 3.05) is 0 Å². The molecule has 5 rings (SSSR count). The largest absolute Gasteiger partial charge is 0.342 e. The molecule has 0 saturated carbocycles. The molecule has 0 radical (unpaired) electrons. The Morgan fingerprint density at radius 1 is 0.939 bits per heavy atom. The van der Waals surface area contributed by atoms with E-state index in [4.69, 9.17) is 0 Å². The molecule has 0 saturated heterocycles. The first-order valence-electron chi connectivity index (χ1n) is 10.8. The fourth-order valence-electron chi connectivity index (χ4n) is 4.38. The van der Waals surface area contributed by atoms with Gasteiger partial charge in [0.2, 0.25) is 0 Å². The molecule has 0 aliphatic rings. The molecule has 0 fully saturated rings. The Morgan fingerprint density at radius 3 is 2.52 bits per heavy atom. The monoisotopic (exact) mass is 434 g/mol. The maximum absolute atomic E-state index is 13.3. The van der Waals surface area contributed by atoms with E-state index in [2.05, 4.69) is 10.3 Å². The van der Waals surface area contributed by atoms with Crippen LogP contribution in [0.15, 0.2) is 83.7 Å². The molecule has 0 aliphatic carbocycles. The molecule has 0 unspecified atom stereocenters. The van der Waals surface area contributed by atoms with Crippen molar-refractivity contribution in [3.63, 3.8) is 0 Å². The van der Waals surface area contributed by atoms with Crippen LogP contribution in [0.4, 0.5) is 0 Å². The summed E-state index contributed by atoms with van der Waals surface area (Å²) < 4.78 is 0. The van der Waals surface area contributed by atoms with E-state index in [1.807, 2.05) is 67.6 Å². The number of aryl methyl sites for hydroxylation is 1. The van der Waals surface area contributed by atoms with Crippen molar-refractivity contribution in [3.05, 3.63) is 106 Å². The van der Waals surface area contributed by atoms with Gasteiger partial charge in [-0.3, -0.25) is 9.59 Å². The minimum absolute atomic E-state index is 0.201. The molecule has 5 heteroatoms. The van der Waals surface area contributed by atoms with Crippen LogP contribution in [-0.4, -0.2) is 23.2 Å². The number of amides is 1. The van der Waals surface area contributed by atoms with E-state index < -0.39 is 6.04 Å². The molecule has 1 heterocycles. The highest BCUT2D eigenvalue weighted by molar-refractivity contribution is 6.18. The summed E-state index contributed by atoms with van der Waals surface area (Å²) >= 11 is 0. The van der Waals surface area contributed by atoms with Crippen LogP contribution in [-0.2, 0) is 11.2 Å². The maximum atomic E-state index is 13.3. The van der Waals surface area contributed by atoms with Crippen LogP contribution in [0.5, 0.6) is 0 Å². The third-order valence-electron chi connectivity index (χ3n) is 5.98. The minimum Gasteiger partial charge on any atom is -0.342 e.